The molecule has 39 heavy (non-hydrogen) atoms. The van der Waals surface area contributed by atoms with Crippen LogP contribution in [-0.4, -0.2) is 45.6 Å². The molecule has 0 spiro atoms. The van der Waals surface area contributed by atoms with E-state index >= 15 is 0 Å². The number of amides is 1. The van der Waals surface area contributed by atoms with Crippen LogP contribution >= 0.6 is 0 Å². The van der Waals surface area contributed by atoms with Crippen LogP contribution in [0.15, 0.2) is 65.6 Å². The van der Waals surface area contributed by atoms with Crippen molar-refractivity contribution in [3.63, 3.8) is 0 Å². The van der Waals surface area contributed by atoms with E-state index in [0.29, 0.717) is 41.5 Å². The van der Waals surface area contributed by atoms with Crippen molar-refractivity contribution in [3.05, 3.63) is 88.0 Å². The molecule has 0 radical (unpaired) electrons. The Balaban J connectivity index is 1.54. The number of carbonyl (C=O) groups excluding carboxylic acids is 1. The van der Waals surface area contributed by atoms with Gasteiger partial charge in [-0.2, -0.15) is 0 Å². The molecule has 1 aliphatic carbocycles. The first-order valence-electron chi connectivity index (χ1n) is 13.3. The Hall–Kier alpha value is -4.41. The molecule has 1 saturated carbocycles. The third-order valence-corrected chi connectivity index (χ3v) is 7.82. The molecule has 2 aromatic carbocycles. The summed E-state index contributed by atoms with van der Waals surface area (Å²) in [7, 11) is 1.81. The smallest absolute Gasteiger partial charge is 0.298 e. The van der Waals surface area contributed by atoms with Gasteiger partial charge in [-0.05, 0) is 84.0 Å². The standard InChI is InChI=1S/C32H30N4O3/c1-3-5-31(38)35-17-24(18-35)29-15-23-14-21(20-8-9-20)10-11-26(23)32(39)36(29)28-7-4-6-25(27(28)19-37)22-12-13-34-30(16-22)33-2/h4,6-7,10-16,20,24,37H,8-9,17-19H2,1-2H3,(H,33,34). The number of hydrogen-bond acceptors (Lipinski definition) is 5. The molecular formula is C32H30N4O3. The Bertz CT molecular complexity index is 1720. The lowest BCUT2D eigenvalue weighted by Gasteiger charge is -2.39. The van der Waals surface area contributed by atoms with Gasteiger partial charge in [0.25, 0.3) is 11.5 Å². The van der Waals surface area contributed by atoms with Crippen LogP contribution in [0.2, 0.25) is 0 Å². The van der Waals surface area contributed by atoms with Gasteiger partial charge in [-0.25, -0.2) is 4.98 Å². The predicted molar refractivity (Wildman–Crippen MR) is 153 cm³/mol. The van der Waals surface area contributed by atoms with Crippen LogP contribution in [0.25, 0.3) is 27.6 Å². The number of fused-ring (bicyclic) bond motifs is 1. The van der Waals surface area contributed by atoms with Gasteiger partial charge < -0.3 is 15.3 Å². The Morgan fingerprint density at radius 1 is 1.10 bits per heavy atom. The molecule has 0 bridgehead atoms. The van der Waals surface area contributed by atoms with Crippen molar-refractivity contribution in [1.82, 2.24) is 14.5 Å². The first-order valence-corrected chi connectivity index (χ1v) is 13.3. The van der Waals surface area contributed by atoms with E-state index < -0.39 is 0 Å². The van der Waals surface area contributed by atoms with E-state index in [-0.39, 0.29) is 24.0 Å². The van der Waals surface area contributed by atoms with Crippen molar-refractivity contribution >= 4 is 22.5 Å². The summed E-state index contributed by atoms with van der Waals surface area (Å²) >= 11 is 0. The maximum Gasteiger partial charge on any atom is 0.298 e. The summed E-state index contributed by atoms with van der Waals surface area (Å²) in [4.78, 5) is 32.6. The highest BCUT2D eigenvalue weighted by Gasteiger charge is 2.34. The number of aliphatic hydroxyl groups is 1. The molecular weight excluding hydrogens is 488 g/mol. The molecule has 196 valence electrons. The number of hydrogen-bond donors (Lipinski definition) is 2. The molecule has 1 aliphatic heterocycles. The SMILES string of the molecule is CC#CC(=O)N1CC(c2cc3cc(C4CC4)ccc3c(=O)n2-c2cccc(-c3ccnc(NC)c3)c2CO)C1. The van der Waals surface area contributed by atoms with E-state index in [4.69, 9.17) is 0 Å². The summed E-state index contributed by atoms with van der Waals surface area (Å²) < 4.78 is 1.74. The highest BCUT2D eigenvalue weighted by molar-refractivity contribution is 5.94. The fourth-order valence-corrected chi connectivity index (χ4v) is 5.55. The van der Waals surface area contributed by atoms with E-state index in [2.05, 4.69) is 40.3 Å². The average Bonchev–Trinajstić information content (AvgIpc) is 3.78. The number of likely N-dealkylation sites (tertiary alicyclic amines) is 1. The fraction of sp³-hybridized carbons (Fsp3) is 0.281. The van der Waals surface area contributed by atoms with Crippen molar-refractivity contribution in [2.24, 2.45) is 0 Å². The van der Waals surface area contributed by atoms with Crippen LogP contribution in [-0.2, 0) is 11.4 Å². The van der Waals surface area contributed by atoms with Gasteiger partial charge in [0.05, 0.1) is 12.3 Å². The number of benzene rings is 2. The quantitative estimate of drug-likeness (QED) is 0.369. The van der Waals surface area contributed by atoms with E-state index in [1.54, 1.807) is 22.6 Å². The summed E-state index contributed by atoms with van der Waals surface area (Å²) in [6.07, 6.45) is 4.09. The predicted octanol–water partition coefficient (Wildman–Crippen LogP) is 4.41. The van der Waals surface area contributed by atoms with Gasteiger partial charge >= 0.3 is 0 Å². The molecule has 2 aromatic heterocycles. The lowest BCUT2D eigenvalue weighted by atomic mass is 9.92. The Morgan fingerprint density at radius 3 is 2.64 bits per heavy atom. The molecule has 0 atom stereocenters. The number of anilines is 1. The molecule has 2 aliphatic rings. The van der Waals surface area contributed by atoms with Crippen LogP contribution in [0.1, 0.15) is 48.4 Å². The van der Waals surface area contributed by atoms with Gasteiger partial charge in [-0.1, -0.05) is 30.2 Å². The highest BCUT2D eigenvalue weighted by atomic mass is 16.3. The minimum atomic E-state index is -0.241. The summed E-state index contributed by atoms with van der Waals surface area (Å²) in [6.45, 7) is 2.39. The molecule has 1 amide bonds. The zero-order chi connectivity index (χ0) is 27.1. The fourth-order valence-electron chi connectivity index (χ4n) is 5.55. The summed E-state index contributed by atoms with van der Waals surface area (Å²) in [5.41, 5.74) is 5.01. The normalized spacial score (nSPS) is 15.0. The highest BCUT2D eigenvalue weighted by Crippen LogP contribution is 2.41. The number of carbonyl (C=O) groups is 1. The van der Waals surface area contributed by atoms with Crippen molar-refractivity contribution in [2.45, 2.75) is 38.2 Å². The van der Waals surface area contributed by atoms with Gasteiger partial charge in [-0.15, -0.1) is 0 Å². The number of rotatable bonds is 6. The second-order valence-electron chi connectivity index (χ2n) is 10.3. The largest absolute Gasteiger partial charge is 0.392 e. The van der Waals surface area contributed by atoms with Crippen molar-refractivity contribution in [1.29, 1.82) is 0 Å². The zero-order valence-electron chi connectivity index (χ0n) is 22.1. The third kappa shape index (κ3) is 4.47. The minimum Gasteiger partial charge on any atom is -0.392 e. The minimum absolute atomic E-state index is 0.0266. The Morgan fingerprint density at radius 2 is 1.92 bits per heavy atom. The van der Waals surface area contributed by atoms with Crippen molar-refractivity contribution < 1.29 is 9.90 Å². The van der Waals surface area contributed by atoms with Crippen LogP contribution in [0.4, 0.5) is 5.82 Å². The van der Waals surface area contributed by atoms with E-state index in [1.165, 1.54) is 18.4 Å². The Kier molecular flexibility index (Phi) is 6.41. The Labute approximate surface area is 227 Å². The first kappa shape index (κ1) is 24.9. The molecule has 2 N–H and O–H groups in total. The summed E-state index contributed by atoms with van der Waals surface area (Å²) in [5, 5.41) is 15.2. The lowest BCUT2D eigenvalue weighted by Crippen LogP contribution is -2.49. The zero-order valence-corrected chi connectivity index (χ0v) is 22.1. The van der Waals surface area contributed by atoms with Gasteiger partial charge in [0.2, 0.25) is 0 Å². The summed E-state index contributed by atoms with van der Waals surface area (Å²) in [5.74, 6) is 6.35. The van der Waals surface area contributed by atoms with Crippen LogP contribution < -0.4 is 10.9 Å². The van der Waals surface area contributed by atoms with Gasteiger partial charge in [0.15, 0.2) is 0 Å². The van der Waals surface area contributed by atoms with Crippen molar-refractivity contribution in [3.8, 4) is 28.7 Å². The van der Waals surface area contributed by atoms with E-state index in [1.807, 2.05) is 43.4 Å². The lowest BCUT2D eigenvalue weighted by molar-refractivity contribution is -0.129. The second-order valence-corrected chi connectivity index (χ2v) is 10.3. The number of nitrogens with zero attached hydrogens (tertiary/aromatic N) is 3. The number of aliphatic hydroxyl groups excluding tert-OH is 1. The van der Waals surface area contributed by atoms with Gasteiger partial charge in [0, 0.05) is 48.9 Å². The van der Waals surface area contributed by atoms with Crippen LogP contribution in [0.3, 0.4) is 0 Å². The number of pyridine rings is 2. The van der Waals surface area contributed by atoms with Gasteiger partial charge in [-0.3, -0.25) is 14.2 Å². The molecule has 3 heterocycles. The maximum absolute atomic E-state index is 14.2. The van der Waals surface area contributed by atoms with Crippen LogP contribution in [0, 0.1) is 11.8 Å². The molecule has 7 nitrogen and oxygen atoms in total. The van der Waals surface area contributed by atoms with E-state index in [9.17, 15) is 14.7 Å². The topological polar surface area (TPSA) is 87.5 Å². The van der Waals surface area contributed by atoms with Gasteiger partial charge in [0.1, 0.15) is 5.82 Å². The molecule has 2 fully saturated rings. The summed E-state index contributed by atoms with van der Waals surface area (Å²) in [6, 6.07) is 17.8. The molecule has 1 saturated heterocycles. The van der Waals surface area contributed by atoms with Crippen LogP contribution in [0.5, 0.6) is 0 Å². The average molecular weight is 519 g/mol. The van der Waals surface area contributed by atoms with E-state index in [0.717, 1.165) is 22.2 Å². The third-order valence-electron chi connectivity index (χ3n) is 7.82. The number of nitrogens with one attached hydrogen (secondary N) is 1. The second kappa shape index (κ2) is 10.0. The molecule has 6 rings (SSSR count). The maximum atomic E-state index is 14.2. The number of aromatic nitrogens is 2. The molecule has 0 unspecified atom stereocenters. The monoisotopic (exact) mass is 518 g/mol. The van der Waals surface area contributed by atoms with Crippen molar-refractivity contribution in [2.75, 3.05) is 25.5 Å². The molecule has 4 aromatic rings. The first-order chi connectivity index (χ1) is 19.0. The molecule has 7 heteroatoms.